The molecule has 0 bridgehead atoms. The molecule has 7 heteroatoms. The topological polar surface area (TPSA) is 57.7 Å². The molecule has 142 valence electrons. The fourth-order valence-corrected chi connectivity index (χ4v) is 4.99. The zero-order chi connectivity index (χ0) is 19.4. The molecule has 0 radical (unpaired) electrons. The molecule has 5 nitrogen and oxygen atoms in total. The third-order valence-corrected chi connectivity index (χ3v) is 6.83. The maximum atomic E-state index is 12.7. The van der Waals surface area contributed by atoms with Gasteiger partial charge >= 0.3 is 0 Å². The van der Waals surface area contributed by atoms with Crippen LogP contribution in [0.3, 0.4) is 0 Å². The fraction of sp³-hybridized carbons (Fsp3) is 0.250. The van der Waals surface area contributed by atoms with Gasteiger partial charge in [0.05, 0.1) is 4.90 Å². The Morgan fingerprint density at radius 2 is 1.74 bits per heavy atom. The summed E-state index contributed by atoms with van der Waals surface area (Å²) in [6, 6.07) is 14.6. The van der Waals surface area contributed by atoms with Gasteiger partial charge in [0.15, 0.2) is 0 Å². The monoisotopic (exact) mass is 448 g/mol. The Morgan fingerprint density at radius 1 is 1.04 bits per heavy atom. The Balaban J connectivity index is 1.62. The Labute approximate surface area is 168 Å². The number of rotatable bonds is 4. The molecule has 0 unspecified atom stereocenters. The first-order valence-corrected chi connectivity index (χ1v) is 10.9. The van der Waals surface area contributed by atoms with Crippen molar-refractivity contribution in [3.8, 4) is 0 Å². The molecule has 27 heavy (non-hydrogen) atoms. The molecule has 1 heterocycles. The van der Waals surface area contributed by atoms with Crippen molar-refractivity contribution < 1.29 is 13.2 Å². The van der Waals surface area contributed by atoms with Crippen LogP contribution in [0.1, 0.15) is 11.1 Å². The van der Waals surface area contributed by atoms with Crippen molar-refractivity contribution in [2.24, 2.45) is 0 Å². The Bertz CT molecular complexity index is 965. The molecule has 0 aromatic heterocycles. The molecule has 1 aliphatic rings. The standard InChI is InChI=1S/C20H21BrN2O3S/c1-16-4-2-5-17(14-16)8-9-20(24)22-10-12-23(13-11-22)27(25,26)19-7-3-6-18(21)15-19/h2-9,14-15H,10-13H2,1H3/b9-8+. The zero-order valence-electron chi connectivity index (χ0n) is 15.0. The average molecular weight is 449 g/mol. The first kappa shape index (κ1) is 19.8. The maximum Gasteiger partial charge on any atom is 0.246 e. The number of nitrogens with zero attached hydrogens (tertiary/aromatic N) is 2. The van der Waals surface area contributed by atoms with Gasteiger partial charge in [-0.1, -0.05) is 51.8 Å². The van der Waals surface area contributed by atoms with E-state index in [1.807, 2.05) is 31.2 Å². The quantitative estimate of drug-likeness (QED) is 0.674. The van der Waals surface area contributed by atoms with E-state index in [1.165, 1.54) is 4.31 Å². The summed E-state index contributed by atoms with van der Waals surface area (Å²) in [5, 5.41) is 0. The SMILES string of the molecule is Cc1cccc(/C=C/C(=O)N2CCN(S(=O)(=O)c3cccc(Br)c3)CC2)c1. The molecule has 1 fully saturated rings. The van der Waals surface area contributed by atoms with Gasteiger partial charge in [0.25, 0.3) is 0 Å². The summed E-state index contributed by atoms with van der Waals surface area (Å²) < 4.78 is 27.6. The largest absolute Gasteiger partial charge is 0.337 e. The van der Waals surface area contributed by atoms with Crippen molar-refractivity contribution in [3.63, 3.8) is 0 Å². The third-order valence-electron chi connectivity index (χ3n) is 4.44. The molecular weight excluding hydrogens is 428 g/mol. The van der Waals surface area contributed by atoms with Crippen molar-refractivity contribution in [2.75, 3.05) is 26.2 Å². The highest BCUT2D eigenvalue weighted by molar-refractivity contribution is 9.10. The molecule has 3 rings (SSSR count). The second-order valence-electron chi connectivity index (χ2n) is 6.43. The lowest BCUT2D eigenvalue weighted by molar-refractivity contribution is -0.127. The van der Waals surface area contributed by atoms with Gasteiger partial charge in [-0.05, 0) is 36.8 Å². The van der Waals surface area contributed by atoms with Crippen LogP contribution in [0, 0.1) is 6.92 Å². The van der Waals surface area contributed by atoms with Crippen LogP contribution in [-0.4, -0.2) is 49.7 Å². The number of sulfonamides is 1. The normalized spacial score (nSPS) is 16.0. The van der Waals surface area contributed by atoms with Gasteiger partial charge in [-0.25, -0.2) is 8.42 Å². The summed E-state index contributed by atoms with van der Waals surface area (Å²) in [7, 11) is -3.55. The molecule has 2 aromatic carbocycles. The number of amides is 1. The van der Waals surface area contributed by atoms with Crippen molar-refractivity contribution in [1.29, 1.82) is 0 Å². The van der Waals surface area contributed by atoms with Gasteiger partial charge in [0.2, 0.25) is 15.9 Å². The minimum Gasteiger partial charge on any atom is -0.337 e. The molecule has 2 aromatic rings. The Hall–Kier alpha value is -1.96. The summed E-state index contributed by atoms with van der Waals surface area (Å²) in [5.74, 6) is -0.101. The predicted molar refractivity (Wildman–Crippen MR) is 110 cm³/mol. The van der Waals surface area contributed by atoms with E-state index in [0.29, 0.717) is 26.2 Å². The van der Waals surface area contributed by atoms with Crippen molar-refractivity contribution in [3.05, 3.63) is 70.2 Å². The highest BCUT2D eigenvalue weighted by Gasteiger charge is 2.29. The average Bonchev–Trinajstić information content (AvgIpc) is 2.66. The van der Waals surface area contributed by atoms with Gasteiger partial charge < -0.3 is 4.90 Å². The number of piperazine rings is 1. The van der Waals surface area contributed by atoms with Crippen LogP contribution in [0.2, 0.25) is 0 Å². The second-order valence-corrected chi connectivity index (χ2v) is 9.29. The summed E-state index contributed by atoms with van der Waals surface area (Å²) in [4.78, 5) is 14.3. The minimum absolute atomic E-state index is 0.101. The smallest absolute Gasteiger partial charge is 0.246 e. The van der Waals surface area contributed by atoms with Crippen LogP contribution in [0.5, 0.6) is 0 Å². The molecule has 0 atom stereocenters. The van der Waals surface area contributed by atoms with Gasteiger partial charge in [-0.2, -0.15) is 4.31 Å². The van der Waals surface area contributed by atoms with Gasteiger partial charge in [0.1, 0.15) is 0 Å². The zero-order valence-corrected chi connectivity index (χ0v) is 17.4. The van der Waals surface area contributed by atoms with E-state index in [1.54, 1.807) is 41.3 Å². The highest BCUT2D eigenvalue weighted by Crippen LogP contribution is 2.21. The molecule has 1 aliphatic heterocycles. The Kier molecular flexibility index (Phi) is 6.14. The van der Waals surface area contributed by atoms with Crippen LogP contribution < -0.4 is 0 Å². The lowest BCUT2D eigenvalue weighted by atomic mass is 10.1. The molecule has 0 aliphatic carbocycles. The van der Waals surface area contributed by atoms with Crippen LogP contribution in [0.25, 0.3) is 6.08 Å². The van der Waals surface area contributed by atoms with Gasteiger partial charge in [-0.3, -0.25) is 4.79 Å². The van der Waals surface area contributed by atoms with Crippen molar-refractivity contribution >= 4 is 37.9 Å². The van der Waals surface area contributed by atoms with E-state index in [0.717, 1.165) is 15.6 Å². The molecule has 0 spiro atoms. The van der Waals surface area contributed by atoms with Gasteiger partial charge in [0, 0.05) is 36.7 Å². The number of hydrogen-bond acceptors (Lipinski definition) is 3. The molecule has 1 saturated heterocycles. The lowest BCUT2D eigenvalue weighted by Crippen LogP contribution is -2.50. The number of benzene rings is 2. The number of hydrogen-bond donors (Lipinski definition) is 0. The van der Waals surface area contributed by atoms with E-state index in [-0.39, 0.29) is 10.8 Å². The predicted octanol–water partition coefficient (Wildman–Crippen LogP) is 3.30. The lowest BCUT2D eigenvalue weighted by Gasteiger charge is -2.33. The molecule has 0 N–H and O–H groups in total. The third kappa shape index (κ3) is 4.86. The van der Waals surface area contributed by atoms with Crippen LogP contribution >= 0.6 is 15.9 Å². The minimum atomic E-state index is -3.55. The second kappa shape index (κ2) is 8.37. The highest BCUT2D eigenvalue weighted by atomic mass is 79.9. The summed E-state index contributed by atoms with van der Waals surface area (Å²) in [6.45, 7) is 3.34. The summed E-state index contributed by atoms with van der Waals surface area (Å²) in [5.41, 5.74) is 2.11. The maximum absolute atomic E-state index is 12.7. The van der Waals surface area contributed by atoms with E-state index >= 15 is 0 Å². The van der Waals surface area contributed by atoms with E-state index in [2.05, 4.69) is 15.9 Å². The van der Waals surface area contributed by atoms with Crippen LogP contribution in [0.15, 0.2) is 64.0 Å². The van der Waals surface area contributed by atoms with Crippen molar-refractivity contribution in [2.45, 2.75) is 11.8 Å². The molecule has 0 saturated carbocycles. The Morgan fingerprint density at radius 3 is 2.41 bits per heavy atom. The number of halogens is 1. The number of carbonyl (C=O) groups excluding carboxylic acids is 1. The van der Waals surface area contributed by atoms with Crippen molar-refractivity contribution in [1.82, 2.24) is 9.21 Å². The van der Waals surface area contributed by atoms with E-state index < -0.39 is 10.0 Å². The van der Waals surface area contributed by atoms with Crippen LogP contribution in [-0.2, 0) is 14.8 Å². The first-order chi connectivity index (χ1) is 12.9. The van der Waals surface area contributed by atoms with Gasteiger partial charge in [-0.15, -0.1) is 0 Å². The van der Waals surface area contributed by atoms with E-state index in [4.69, 9.17) is 0 Å². The fourth-order valence-electron chi connectivity index (χ4n) is 2.97. The van der Waals surface area contributed by atoms with Crippen LogP contribution in [0.4, 0.5) is 0 Å². The number of carbonyl (C=O) groups is 1. The molecule has 1 amide bonds. The first-order valence-electron chi connectivity index (χ1n) is 8.66. The summed E-state index contributed by atoms with van der Waals surface area (Å²) in [6.07, 6.45) is 3.34. The number of aryl methyl sites for hydroxylation is 1. The summed E-state index contributed by atoms with van der Waals surface area (Å²) >= 11 is 3.30. The molecular formula is C20H21BrN2O3S. The van der Waals surface area contributed by atoms with E-state index in [9.17, 15) is 13.2 Å².